The number of nitrogens with zero attached hydrogens (tertiary/aromatic N) is 2. The van der Waals surface area contributed by atoms with Crippen LogP contribution in [0.4, 0.5) is 11.5 Å². The third kappa shape index (κ3) is 3.25. The molecule has 6 nitrogen and oxygen atoms in total. The SMILES string of the molecule is Cn1cc(N)c(NCCS(C)(=O)=O)n1. The zero-order valence-corrected chi connectivity index (χ0v) is 9.00. The van der Waals surface area contributed by atoms with Crippen LogP contribution in [0.2, 0.25) is 0 Å². The largest absolute Gasteiger partial charge is 0.394 e. The van der Waals surface area contributed by atoms with Gasteiger partial charge in [-0.15, -0.1) is 0 Å². The van der Waals surface area contributed by atoms with E-state index in [4.69, 9.17) is 5.73 Å². The van der Waals surface area contributed by atoms with Crippen LogP contribution in [0.25, 0.3) is 0 Å². The smallest absolute Gasteiger partial charge is 0.171 e. The Morgan fingerprint density at radius 3 is 2.71 bits per heavy atom. The van der Waals surface area contributed by atoms with Crippen molar-refractivity contribution >= 4 is 21.3 Å². The summed E-state index contributed by atoms with van der Waals surface area (Å²) in [5, 5.41) is 6.87. The van der Waals surface area contributed by atoms with Gasteiger partial charge in [0.15, 0.2) is 5.82 Å². The lowest BCUT2D eigenvalue weighted by atomic mass is 10.5. The van der Waals surface area contributed by atoms with Crippen molar-refractivity contribution in [3.05, 3.63) is 6.20 Å². The molecule has 0 aliphatic heterocycles. The van der Waals surface area contributed by atoms with Crippen molar-refractivity contribution in [1.29, 1.82) is 0 Å². The second kappa shape index (κ2) is 3.87. The van der Waals surface area contributed by atoms with Crippen LogP contribution in [0.15, 0.2) is 6.20 Å². The van der Waals surface area contributed by atoms with Crippen LogP contribution >= 0.6 is 0 Å². The molecule has 0 aromatic carbocycles. The first-order valence-electron chi connectivity index (χ1n) is 4.09. The molecule has 1 aromatic rings. The summed E-state index contributed by atoms with van der Waals surface area (Å²) in [5.41, 5.74) is 6.11. The first kappa shape index (κ1) is 10.8. The number of nitrogen functional groups attached to an aromatic ring is 1. The van der Waals surface area contributed by atoms with Gasteiger partial charge in [0.1, 0.15) is 9.84 Å². The molecular weight excluding hydrogens is 204 g/mol. The summed E-state index contributed by atoms with van der Waals surface area (Å²) in [6, 6.07) is 0. The lowest BCUT2D eigenvalue weighted by molar-refractivity contribution is 0.602. The Labute approximate surface area is 83.0 Å². The average molecular weight is 218 g/mol. The number of nitrogens with one attached hydrogen (secondary N) is 1. The lowest BCUT2D eigenvalue weighted by Crippen LogP contribution is -2.15. The van der Waals surface area contributed by atoms with E-state index in [1.54, 1.807) is 17.9 Å². The van der Waals surface area contributed by atoms with Crippen LogP contribution in [0, 0.1) is 0 Å². The number of aromatic nitrogens is 2. The highest BCUT2D eigenvalue weighted by molar-refractivity contribution is 7.90. The number of sulfone groups is 1. The first-order valence-corrected chi connectivity index (χ1v) is 6.15. The van der Waals surface area contributed by atoms with E-state index in [2.05, 4.69) is 10.4 Å². The molecule has 0 aliphatic rings. The molecule has 1 rings (SSSR count). The summed E-state index contributed by atoms with van der Waals surface area (Å²) in [6.07, 6.45) is 2.85. The zero-order valence-electron chi connectivity index (χ0n) is 8.19. The highest BCUT2D eigenvalue weighted by atomic mass is 32.2. The number of aryl methyl sites for hydroxylation is 1. The molecule has 0 aliphatic carbocycles. The van der Waals surface area contributed by atoms with Gasteiger partial charge in [0.05, 0.1) is 11.4 Å². The van der Waals surface area contributed by atoms with E-state index in [-0.39, 0.29) is 5.75 Å². The second-order valence-electron chi connectivity index (χ2n) is 3.16. The summed E-state index contributed by atoms with van der Waals surface area (Å²) in [6.45, 7) is 0.319. The molecule has 0 amide bonds. The Hall–Kier alpha value is -1.24. The first-order chi connectivity index (χ1) is 6.38. The molecule has 80 valence electrons. The molecule has 0 spiro atoms. The fourth-order valence-corrected chi connectivity index (χ4v) is 1.47. The van der Waals surface area contributed by atoms with Gasteiger partial charge in [0.2, 0.25) is 0 Å². The molecular formula is C7H14N4O2S. The molecule has 14 heavy (non-hydrogen) atoms. The van der Waals surface area contributed by atoms with Gasteiger partial charge in [-0.2, -0.15) is 5.10 Å². The molecule has 3 N–H and O–H groups in total. The van der Waals surface area contributed by atoms with Crippen molar-refractivity contribution < 1.29 is 8.42 Å². The third-order valence-corrected chi connectivity index (χ3v) is 2.57. The molecule has 7 heteroatoms. The van der Waals surface area contributed by atoms with Gasteiger partial charge in [-0.1, -0.05) is 0 Å². The summed E-state index contributed by atoms with van der Waals surface area (Å²) in [4.78, 5) is 0. The maximum absolute atomic E-state index is 10.8. The highest BCUT2D eigenvalue weighted by Crippen LogP contribution is 2.13. The Morgan fingerprint density at radius 1 is 1.64 bits per heavy atom. The summed E-state index contributed by atoms with van der Waals surface area (Å²) in [7, 11) is -1.19. The van der Waals surface area contributed by atoms with Gasteiger partial charge in [-0.3, -0.25) is 4.68 Å². The van der Waals surface area contributed by atoms with Gasteiger partial charge in [0.25, 0.3) is 0 Å². The Bertz CT molecular complexity index is 409. The normalized spacial score (nSPS) is 11.6. The van der Waals surface area contributed by atoms with Crippen LogP contribution in [-0.4, -0.2) is 36.8 Å². The molecule has 1 heterocycles. The van der Waals surface area contributed by atoms with E-state index in [9.17, 15) is 8.42 Å². The maximum atomic E-state index is 10.8. The second-order valence-corrected chi connectivity index (χ2v) is 5.42. The van der Waals surface area contributed by atoms with Crippen LogP contribution in [0.3, 0.4) is 0 Å². The number of rotatable bonds is 4. The van der Waals surface area contributed by atoms with Crippen LogP contribution < -0.4 is 11.1 Å². The molecule has 0 bridgehead atoms. The van der Waals surface area contributed by atoms with Gasteiger partial charge >= 0.3 is 0 Å². The van der Waals surface area contributed by atoms with Crippen molar-refractivity contribution in [2.45, 2.75) is 0 Å². The molecule has 0 fully saturated rings. The molecule has 0 atom stereocenters. The third-order valence-electron chi connectivity index (χ3n) is 1.62. The van der Waals surface area contributed by atoms with Crippen LogP contribution in [0.1, 0.15) is 0 Å². The Morgan fingerprint density at radius 2 is 2.29 bits per heavy atom. The fourth-order valence-electron chi connectivity index (χ4n) is 0.999. The average Bonchev–Trinajstić information content (AvgIpc) is 2.27. The quantitative estimate of drug-likeness (QED) is 0.708. The predicted molar refractivity (Wildman–Crippen MR) is 55.8 cm³/mol. The van der Waals surface area contributed by atoms with Gasteiger partial charge in [0, 0.05) is 26.0 Å². The molecule has 0 saturated heterocycles. The van der Waals surface area contributed by atoms with Gasteiger partial charge < -0.3 is 11.1 Å². The van der Waals surface area contributed by atoms with E-state index in [0.717, 1.165) is 0 Å². The van der Waals surface area contributed by atoms with Crippen molar-refractivity contribution in [1.82, 2.24) is 9.78 Å². The van der Waals surface area contributed by atoms with Crippen molar-refractivity contribution in [2.75, 3.05) is 29.6 Å². The number of hydrogen-bond donors (Lipinski definition) is 2. The minimum Gasteiger partial charge on any atom is -0.394 e. The molecule has 0 saturated carbocycles. The van der Waals surface area contributed by atoms with Crippen LogP contribution in [-0.2, 0) is 16.9 Å². The fraction of sp³-hybridized carbons (Fsp3) is 0.571. The van der Waals surface area contributed by atoms with E-state index in [0.29, 0.717) is 18.1 Å². The lowest BCUT2D eigenvalue weighted by Gasteiger charge is -2.01. The monoisotopic (exact) mass is 218 g/mol. The van der Waals surface area contributed by atoms with Crippen molar-refractivity contribution in [3.63, 3.8) is 0 Å². The highest BCUT2D eigenvalue weighted by Gasteiger charge is 2.05. The predicted octanol–water partition coefficient (Wildman–Crippen LogP) is -0.541. The standard InChI is InChI=1S/C7H14N4O2S/c1-11-5-6(8)7(10-11)9-3-4-14(2,12)13/h5H,3-4,8H2,1-2H3,(H,9,10). The topological polar surface area (TPSA) is 90.0 Å². The van der Waals surface area contributed by atoms with Gasteiger partial charge in [-0.05, 0) is 0 Å². The maximum Gasteiger partial charge on any atom is 0.171 e. The van der Waals surface area contributed by atoms with E-state index in [1.807, 2.05) is 0 Å². The number of nitrogens with two attached hydrogens (primary N) is 1. The van der Waals surface area contributed by atoms with E-state index in [1.165, 1.54) is 6.26 Å². The number of hydrogen-bond acceptors (Lipinski definition) is 5. The molecule has 1 aromatic heterocycles. The minimum absolute atomic E-state index is 0.0724. The molecule has 0 unspecified atom stereocenters. The number of anilines is 2. The Kier molecular flexibility index (Phi) is 3.00. The molecule has 0 radical (unpaired) electrons. The van der Waals surface area contributed by atoms with Crippen molar-refractivity contribution in [3.8, 4) is 0 Å². The Balaban J connectivity index is 2.50. The van der Waals surface area contributed by atoms with Gasteiger partial charge in [-0.25, -0.2) is 8.42 Å². The zero-order chi connectivity index (χ0) is 10.8. The summed E-state index contributed by atoms with van der Waals surface area (Å²) >= 11 is 0. The summed E-state index contributed by atoms with van der Waals surface area (Å²) in [5.74, 6) is 0.597. The van der Waals surface area contributed by atoms with E-state index < -0.39 is 9.84 Å². The van der Waals surface area contributed by atoms with Crippen molar-refractivity contribution in [2.24, 2.45) is 7.05 Å². The van der Waals surface area contributed by atoms with Crippen LogP contribution in [0.5, 0.6) is 0 Å². The minimum atomic E-state index is -2.94. The van der Waals surface area contributed by atoms with E-state index >= 15 is 0 Å². The summed E-state index contributed by atoms with van der Waals surface area (Å²) < 4.78 is 23.2.